The highest BCUT2D eigenvalue weighted by Gasteiger charge is 2.30. The van der Waals surface area contributed by atoms with Gasteiger partial charge in [-0.15, -0.1) is 0 Å². The quantitative estimate of drug-likeness (QED) is 0.0222. The van der Waals surface area contributed by atoms with Crippen LogP contribution in [0.3, 0.4) is 0 Å². The summed E-state index contributed by atoms with van der Waals surface area (Å²) in [6.45, 7) is 4.96. The van der Waals surface area contributed by atoms with E-state index in [1.165, 1.54) is 238 Å². The molecule has 0 aliphatic rings. The second-order valence-electron chi connectivity index (χ2n) is 27.7. The summed E-state index contributed by atoms with van der Waals surface area (Å²) in [5.74, 6) is -2.11. The molecular weight excluding hydrogens is 1260 g/mol. The first kappa shape index (κ1) is 94.1. The molecule has 0 aromatic rings. The smallest absolute Gasteiger partial charge is 0.462 e. The lowest BCUT2D eigenvalue weighted by Crippen LogP contribution is -2.30. The first-order chi connectivity index (χ1) is 46.7. The number of unbranched alkanes of at least 4 members (excludes halogenated alkanes) is 52. The van der Waals surface area contributed by atoms with Gasteiger partial charge in [-0.1, -0.05) is 362 Å². The highest BCUT2D eigenvalue weighted by atomic mass is 31.2. The van der Waals surface area contributed by atoms with Gasteiger partial charge in [-0.25, -0.2) is 9.13 Å². The van der Waals surface area contributed by atoms with Crippen LogP contribution in [0.4, 0.5) is 0 Å². The zero-order valence-electron chi connectivity index (χ0n) is 62.4. The van der Waals surface area contributed by atoms with Crippen molar-refractivity contribution in [2.24, 2.45) is 0 Å². The van der Waals surface area contributed by atoms with Crippen LogP contribution in [-0.4, -0.2) is 96.7 Å². The molecular formula is C77H150O17P2. The normalized spacial score (nSPS) is 13.9. The third-order valence-corrected chi connectivity index (χ3v) is 20.0. The molecule has 0 fully saturated rings. The molecule has 0 aliphatic heterocycles. The number of phosphoric ester groups is 2. The molecule has 0 heterocycles. The molecule has 0 bridgehead atoms. The van der Waals surface area contributed by atoms with E-state index >= 15 is 0 Å². The Bertz CT molecular complexity index is 1830. The largest absolute Gasteiger partial charge is 0.472 e. The van der Waals surface area contributed by atoms with Crippen molar-refractivity contribution in [2.75, 3.05) is 39.6 Å². The Hall–Kier alpha value is -1.94. The average Bonchev–Trinajstić information content (AvgIpc) is 3.70. The van der Waals surface area contributed by atoms with Crippen LogP contribution in [0.1, 0.15) is 413 Å². The van der Waals surface area contributed by atoms with Crippen LogP contribution in [0, 0.1) is 0 Å². The second-order valence-corrected chi connectivity index (χ2v) is 30.7. The predicted molar refractivity (Wildman–Crippen MR) is 391 cm³/mol. The lowest BCUT2D eigenvalue weighted by Gasteiger charge is -2.21. The van der Waals surface area contributed by atoms with Crippen LogP contribution in [0.2, 0.25) is 0 Å². The molecule has 0 aromatic heterocycles. The number of ether oxygens (including phenoxy) is 4. The van der Waals surface area contributed by atoms with Gasteiger partial charge in [0.1, 0.15) is 19.3 Å². The molecule has 0 spiro atoms. The Kier molecular flexibility index (Phi) is 70.0. The van der Waals surface area contributed by atoms with Crippen molar-refractivity contribution in [3.8, 4) is 0 Å². The summed E-state index contributed by atoms with van der Waals surface area (Å²) >= 11 is 0. The van der Waals surface area contributed by atoms with Crippen LogP contribution in [-0.2, 0) is 65.4 Å². The van der Waals surface area contributed by atoms with E-state index in [1.807, 2.05) is 0 Å². The molecule has 0 rings (SSSR count). The van der Waals surface area contributed by atoms with Crippen LogP contribution < -0.4 is 0 Å². The van der Waals surface area contributed by atoms with Gasteiger partial charge in [0.2, 0.25) is 0 Å². The SMILES string of the molecule is CCCCCCCCCCCCCCCCCCCCCCCC(=O)O[C@H](COC(=O)CCCCCCCCCCCCCCCCCC)COP(=O)(O)OC[C@@H](O)COP(=O)(O)OC[C@@H](COC(=O)CCCCCCCCCC)OC(=O)CCCCCCCCCCCCC. The highest BCUT2D eigenvalue weighted by Crippen LogP contribution is 2.45. The van der Waals surface area contributed by atoms with E-state index in [2.05, 4.69) is 27.7 Å². The van der Waals surface area contributed by atoms with Gasteiger partial charge in [0.25, 0.3) is 0 Å². The third-order valence-electron chi connectivity index (χ3n) is 18.1. The number of esters is 4. The molecule has 0 amide bonds. The molecule has 0 saturated heterocycles. The number of carbonyl (C=O) groups is 4. The average molecular weight is 1410 g/mol. The van der Waals surface area contributed by atoms with E-state index in [0.29, 0.717) is 25.7 Å². The maximum absolute atomic E-state index is 13.1. The molecule has 2 unspecified atom stereocenters. The van der Waals surface area contributed by atoms with Crippen LogP contribution >= 0.6 is 15.6 Å². The Balaban J connectivity index is 5.17. The van der Waals surface area contributed by atoms with Crippen LogP contribution in [0.25, 0.3) is 0 Å². The number of aliphatic hydroxyl groups is 1. The summed E-state index contributed by atoms with van der Waals surface area (Å²) in [5.41, 5.74) is 0. The maximum atomic E-state index is 13.1. The van der Waals surface area contributed by atoms with Gasteiger partial charge in [0.15, 0.2) is 12.2 Å². The number of rotatable bonds is 78. The topological polar surface area (TPSA) is 237 Å². The highest BCUT2D eigenvalue weighted by molar-refractivity contribution is 7.47. The molecule has 0 aromatic carbocycles. The fraction of sp³-hybridized carbons (Fsp3) is 0.948. The monoisotopic (exact) mass is 1410 g/mol. The van der Waals surface area contributed by atoms with Crippen molar-refractivity contribution in [3.63, 3.8) is 0 Å². The Morgan fingerprint density at radius 2 is 0.417 bits per heavy atom. The molecule has 5 atom stereocenters. The van der Waals surface area contributed by atoms with Gasteiger partial charge < -0.3 is 33.8 Å². The van der Waals surface area contributed by atoms with Crippen LogP contribution in [0.15, 0.2) is 0 Å². The standard InChI is InChI=1S/C77H150O17P2/c1-5-9-13-17-21-25-28-30-32-34-35-36-37-38-40-42-45-48-52-56-60-64-77(82)94-73(68-88-75(80)62-58-54-50-46-44-41-39-33-31-29-26-22-18-14-10-6-2)70-92-96(85,86)90-66-71(78)65-89-95(83,84)91-69-72(67-87-74(79)61-57-53-49-24-20-16-12-8-4)93-76(81)63-59-55-51-47-43-27-23-19-15-11-7-3/h71-73,78H,5-70H2,1-4H3,(H,83,84)(H,85,86)/t71-,72+,73+/m0/s1. The second kappa shape index (κ2) is 71.5. The van der Waals surface area contributed by atoms with Gasteiger partial charge in [-0.3, -0.25) is 37.3 Å². The predicted octanol–water partition coefficient (Wildman–Crippen LogP) is 23.0. The minimum atomic E-state index is -4.96. The van der Waals surface area contributed by atoms with Crippen molar-refractivity contribution in [2.45, 2.75) is 431 Å². The van der Waals surface area contributed by atoms with Crippen molar-refractivity contribution in [3.05, 3.63) is 0 Å². The Morgan fingerprint density at radius 1 is 0.250 bits per heavy atom. The van der Waals surface area contributed by atoms with Crippen LogP contribution in [0.5, 0.6) is 0 Å². The molecule has 570 valence electrons. The summed E-state index contributed by atoms with van der Waals surface area (Å²) in [4.78, 5) is 72.7. The Labute approximate surface area is 588 Å². The van der Waals surface area contributed by atoms with E-state index in [1.54, 1.807) is 0 Å². The first-order valence-electron chi connectivity index (χ1n) is 40.3. The van der Waals surface area contributed by atoms with E-state index < -0.39 is 97.5 Å². The molecule has 17 nitrogen and oxygen atoms in total. The summed E-state index contributed by atoms with van der Waals surface area (Å²) < 4.78 is 68.5. The molecule has 0 saturated carbocycles. The number of carbonyl (C=O) groups excluding carboxylic acids is 4. The minimum Gasteiger partial charge on any atom is -0.462 e. The Morgan fingerprint density at radius 3 is 0.615 bits per heavy atom. The molecule has 19 heteroatoms. The van der Waals surface area contributed by atoms with E-state index in [9.17, 15) is 43.2 Å². The lowest BCUT2D eigenvalue weighted by atomic mass is 10.0. The van der Waals surface area contributed by atoms with Gasteiger partial charge in [-0.2, -0.15) is 0 Å². The third kappa shape index (κ3) is 70.5. The summed E-state index contributed by atoms with van der Waals surface area (Å²) in [6, 6.07) is 0. The molecule has 3 N–H and O–H groups in total. The lowest BCUT2D eigenvalue weighted by molar-refractivity contribution is -0.161. The minimum absolute atomic E-state index is 0.107. The van der Waals surface area contributed by atoms with E-state index in [4.69, 9.17) is 37.0 Å². The molecule has 0 aliphatic carbocycles. The number of hydrogen-bond acceptors (Lipinski definition) is 15. The fourth-order valence-corrected chi connectivity index (χ4v) is 13.5. The van der Waals surface area contributed by atoms with Gasteiger partial charge in [-0.05, 0) is 25.7 Å². The zero-order valence-corrected chi connectivity index (χ0v) is 64.1. The molecule has 96 heavy (non-hydrogen) atoms. The number of aliphatic hydroxyl groups excluding tert-OH is 1. The van der Waals surface area contributed by atoms with Crippen molar-refractivity contribution in [1.82, 2.24) is 0 Å². The summed E-state index contributed by atoms with van der Waals surface area (Å²) in [7, 11) is -9.90. The van der Waals surface area contributed by atoms with Gasteiger partial charge >= 0.3 is 39.5 Å². The van der Waals surface area contributed by atoms with Gasteiger partial charge in [0.05, 0.1) is 26.4 Å². The number of hydrogen-bond donors (Lipinski definition) is 3. The summed E-state index contributed by atoms with van der Waals surface area (Å²) in [5, 5.41) is 10.6. The maximum Gasteiger partial charge on any atom is 0.472 e. The van der Waals surface area contributed by atoms with Gasteiger partial charge in [0, 0.05) is 25.7 Å². The van der Waals surface area contributed by atoms with Crippen molar-refractivity contribution in [1.29, 1.82) is 0 Å². The zero-order chi connectivity index (χ0) is 70.4. The first-order valence-corrected chi connectivity index (χ1v) is 43.3. The molecule has 0 radical (unpaired) electrons. The summed E-state index contributed by atoms with van der Waals surface area (Å²) in [6.07, 6.45) is 62.6. The fourth-order valence-electron chi connectivity index (χ4n) is 11.9. The van der Waals surface area contributed by atoms with E-state index in [-0.39, 0.29) is 25.7 Å². The number of phosphoric acid groups is 2. The van der Waals surface area contributed by atoms with E-state index in [0.717, 1.165) is 96.3 Å². The van der Waals surface area contributed by atoms with Crippen molar-refractivity contribution < 1.29 is 80.2 Å². The van der Waals surface area contributed by atoms with Crippen molar-refractivity contribution >= 4 is 39.5 Å².